The Bertz CT molecular complexity index is 776. The smallest absolute Gasteiger partial charge is 0.217 e. The molecule has 156 valence electrons. The number of ether oxygens (including phenoxy) is 3. The summed E-state index contributed by atoms with van der Waals surface area (Å²) in [5.74, 6) is 1.68. The Labute approximate surface area is 172 Å². The first-order valence-corrected chi connectivity index (χ1v) is 10.1. The zero-order valence-corrected chi connectivity index (χ0v) is 17.4. The molecule has 0 spiro atoms. The molecule has 1 unspecified atom stereocenters. The lowest BCUT2D eigenvalue weighted by molar-refractivity contribution is -0.119. The molecule has 6 nitrogen and oxygen atoms in total. The van der Waals surface area contributed by atoms with Crippen LogP contribution in [0.15, 0.2) is 48.5 Å². The maximum atomic E-state index is 11.2. The zero-order chi connectivity index (χ0) is 20.6. The maximum Gasteiger partial charge on any atom is 0.217 e. The summed E-state index contributed by atoms with van der Waals surface area (Å²) in [6.07, 6.45) is 1.14. The third-order valence-electron chi connectivity index (χ3n) is 5.01. The first-order chi connectivity index (χ1) is 14.0. The molecule has 1 fully saturated rings. The largest absolute Gasteiger partial charge is 0.491 e. The van der Waals surface area contributed by atoms with E-state index in [0.29, 0.717) is 13.2 Å². The fourth-order valence-electron chi connectivity index (χ4n) is 3.47. The van der Waals surface area contributed by atoms with Crippen molar-refractivity contribution in [3.8, 4) is 11.5 Å². The molecule has 0 bridgehead atoms. The highest BCUT2D eigenvalue weighted by molar-refractivity contribution is 5.73. The van der Waals surface area contributed by atoms with Crippen LogP contribution in [0.3, 0.4) is 0 Å². The molecule has 1 heterocycles. The van der Waals surface area contributed by atoms with E-state index >= 15 is 0 Å². The van der Waals surface area contributed by atoms with Crippen LogP contribution < -0.4 is 19.7 Å². The Morgan fingerprint density at radius 1 is 1.10 bits per heavy atom. The van der Waals surface area contributed by atoms with Crippen LogP contribution in [0.4, 0.5) is 5.69 Å². The van der Waals surface area contributed by atoms with Gasteiger partial charge in [0.05, 0.1) is 19.2 Å². The number of nitrogens with one attached hydrogen (secondary N) is 1. The predicted octanol–water partition coefficient (Wildman–Crippen LogP) is 3.57. The first kappa shape index (κ1) is 21.0. The van der Waals surface area contributed by atoms with Crippen LogP contribution in [0.2, 0.25) is 0 Å². The van der Waals surface area contributed by atoms with Crippen LogP contribution in [-0.4, -0.2) is 45.4 Å². The van der Waals surface area contributed by atoms with E-state index in [9.17, 15) is 4.79 Å². The van der Waals surface area contributed by atoms with Crippen LogP contribution in [-0.2, 0) is 9.53 Å². The molecule has 1 N–H and O–H groups in total. The number of anilines is 1. The van der Waals surface area contributed by atoms with Crippen LogP contribution in [0, 0.1) is 0 Å². The molecule has 0 aromatic heterocycles. The lowest BCUT2D eigenvalue weighted by Gasteiger charge is -2.20. The van der Waals surface area contributed by atoms with Crippen molar-refractivity contribution in [2.24, 2.45) is 0 Å². The van der Waals surface area contributed by atoms with Crippen molar-refractivity contribution in [3.63, 3.8) is 0 Å². The number of rotatable bonds is 9. The summed E-state index contributed by atoms with van der Waals surface area (Å²) in [7, 11) is 1.67. The molecule has 2 atom stereocenters. The van der Waals surface area contributed by atoms with Crippen molar-refractivity contribution in [2.45, 2.75) is 32.4 Å². The van der Waals surface area contributed by atoms with Crippen molar-refractivity contribution in [3.05, 3.63) is 54.1 Å². The quantitative estimate of drug-likeness (QED) is 0.655. The van der Waals surface area contributed by atoms with Gasteiger partial charge >= 0.3 is 0 Å². The number of methoxy groups -OCH3 is 1. The fourth-order valence-corrected chi connectivity index (χ4v) is 3.47. The van der Waals surface area contributed by atoms with Crippen LogP contribution >= 0.6 is 0 Å². The van der Waals surface area contributed by atoms with Crippen molar-refractivity contribution in [1.82, 2.24) is 5.32 Å². The van der Waals surface area contributed by atoms with Gasteiger partial charge < -0.3 is 24.4 Å². The number of carbonyl (C=O) groups excluding carboxylic acids is 1. The van der Waals surface area contributed by atoms with Gasteiger partial charge in [-0.3, -0.25) is 4.79 Å². The molecule has 1 aliphatic heterocycles. The van der Waals surface area contributed by atoms with E-state index in [1.165, 1.54) is 12.6 Å². The topological polar surface area (TPSA) is 60.0 Å². The summed E-state index contributed by atoms with van der Waals surface area (Å²) in [6.45, 7) is 6.46. The van der Waals surface area contributed by atoms with E-state index in [0.717, 1.165) is 36.6 Å². The molecule has 29 heavy (non-hydrogen) atoms. The van der Waals surface area contributed by atoms with Crippen LogP contribution in [0.25, 0.3) is 0 Å². The Morgan fingerprint density at radius 3 is 2.45 bits per heavy atom. The summed E-state index contributed by atoms with van der Waals surface area (Å²) < 4.78 is 16.8. The summed E-state index contributed by atoms with van der Waals surface area (Å²) in [6, 6.07) is 16.1. The van der Waals surface area contributed by atoms with Crippen LogP contribution in [0.5, 0.6) is 11.5 Å². The number of hydrogen-bond donors (Lipinski definition) is 1. The minimum absolute atomic E-state index is 0.00929. The number of amides is 1. The number of nitrogens with zero attached hydrogens (tertiary/aromatic N) is 1. The van der Waals surface area contributed by atoms with E-state index in [1.807, 2.05) is 43.3 Å². The van der Waals surface area contributed by atoms with Gasteiger partial charge in [-0.25, -0.2) is 0 Å². The Balaban J connectivity index is 1.50. The Kier molecular flexibility index (Phi) is 7.36. The van der Waals surface area contributed by atoms with Gasteiger partial charge in [-0.15, -0.1) is 0 Å². The summed E-state index contributed by atoms with van der Waals surface area (Å²) >= 11 is 0. The second-order valence-electron chi connectivity index (χ2n) is 7.30. The SMILES string of the molecule is COCCOc1ccc(N2CCC(Oc3ccc([C@H](C)NC(C)=O)cc3)C2)cc1. The standard InChI is InChI=1S/C23H30N2O4/c1-17(24-18(2)26)19-4-8-22(9-5-19)29-23-12-13-25(16-23)20-6-10-21(11-7-20)28-15-14-27-3/h4-11,17,23H,12-16H2,1-3H3,(H,24,26)/t17-,23?/m0/s1. The average molecular weight is 399 g/mol. The molecule has 1 aliphatic rings. The molecule has 2 aromatic rings. The number of hydrogen-bond acceptors (Lipinski definition) is 5. The molecule has 3 rings (SSSR count). The highest BCUT2D eigenvalue weighted by atomic mass is 16.5. The van der Waals surface area contributed by atoms with Crippen molar-refractivity contribution < 1.29 is 19.0 Å². The lowest BCUT2D eigenvalue weighted by Crippen LogP contribution is -2.24. The molecule has 2 aromatic carbocycles. The first-order valence-electron chi connectivity index (χ1n) is 10.1. The van der Waals surface area contributed by atoms with Crippen molar-refractivity contribution >= 4 is 11.6 Å². The lowest BCUT2D eigenvalue weighted by atomic mass is 10.1. The molecular weight excluding hydrogens is 368 g/mol. The van der Waals surface area contributed by atoms with Gasteiger partial charge in [0.1, 0.15) is 24.2 Å². The molecule has 0 saturated carbocycles. The van der Waals surface area contributed by atoms with Gasteiger partial charge in [0.15, 0.2) is 0 Å². The van der Waals surface area contributed by atoms with Gasteiger partial charge in [0.2, 0.25) is 5.91 Å². The number of carbonyl (C=O) groups is 1. The molecule has 0 aliphatic carbocycles. The van der Waals surface area contributed by atoms with Gasteiger partial charge in [0.25, 0.3) is 0 Å². The fraction of sp³-hybridized carbons (Fsp3) is 0.435. The third-order valence-corrected chi connectivity index (χ3v) is 5.01. The molecule has 1 amide bonds. The van der Waals surface area contributed by atoms with Gasteiger partial charge in [0, 0.05) is 32.7 Å². The molecular formula is C23H30N2O4. The normalized spacial score (nSPS) is 17.1. The minimum atomic E-state index is -0.0292. The molecule has 6 heteroatoms. The summed E-state index contributed by atoms with van der Waals surface area (Å²) in [5.41, 5.74) is 2.24. The predicted molar refractivity (Wildman–Crippen MR) is 114 cm³/mol. The van der Waals surface area contributed by atoms with Gasteiger partial charge in [-0.2, -0.15) is 0 Å². The van der Waals surface area contributed by atoms with E-state index in [4.69, 9.17) is 14.2 Å². The number of benzene rings is 2. The van der Waals surface area contributed by atoms with Crippen molar-refractivity contribution in [2.75, 3.05) is 38.3 Å². The second-order valence-corrected chi connectivity index (χ2v) is 7.30. The van der Waals surface area contributed by atoms with E-state index in [2.05, 4.69) is 22.3 Å². The van der Waals surface area contributed by atoms with Crippen molar-refractivity contribution in [1.29, 1.82) is 0 Å². The van der Waals surface area contributed by atoms with Gasteiger partial charge in [-0.05, 0) is 48.9 Å². The minimum Gasteiger partial charge on any atom is -0.491 e. The summed E-state index contributed by atoms with van der Waals surface area (Å²) in [4.78, 5) is 13.5. The van der Waals surface area contributed by atoms with Gasteiger partial charge in [-0.1, -0.05) is 12.1 Å². The Morgan fingerprint density at radius 2 is 1.79 bits per heavy atom. The van der Waals surface area contributed by atoms with Crippen LogP contribution in [0.1, 0.15) is 31.9 Å². The third kappa shape index (κ3) is 6.12. The summed E-state index contributed by atoms with van der Waals surface area (Å²) in [5, 5.41) is 2.89. The molecule has 1 saturated heterocycles. The van der Waals surface area contributed by atoms with E-state index in [1.54, 1.807) is 7.11 Å². The second kappa shape index (κ2) is 10.2. The molecule has 0 radical (unpaired) electrons. The highest BCUT2D eigenvalue weighted by Crippen LogP contribution is 2.26. The maximum absolute atomic E-state index is 11.2. The Hall–Kier alpha value is -2.73. The zero-order valence-electron chi connectivity index (χ0n) is 17.4. The average Bonchev–Trinajstić information content (AvgIpc) is 3.17. The monoisotopic (exact) mass is 398 g/mol. The van der Waals surface area contributed by atoms with E-state index < -0.39 is 0 Å². The highest BCUT2D eigenvalue weighted by Gasteiger charge is 2.24. The van der Waals surface area contributed by atoms with E-state index in [-0.39, 0.29) is 18.1 Å².